The molecule has 3 nitrogen and oxygen atoms in total. The fourth-order valence-electron chi connectivity index (χ4n) is 1.02. The summed E-state index contributed by atoms with van der Waals surface area (Å²) >= 11 is 1.23. The molecule has 7 heteroatoms. The van der Waals surface area contributed by atoms with Crippen molar-refractivity contribution in [1.29, 1.82) is 0 Å². The van der Waals surface area contributed by atoms with Crippen LogP contribution in [0.4, 0.5) is 13.2 Å². The lowest BCUT2D eigenvalue weighted by molar-refractivity contribution is -0.172. The standard InChI is InChI=1S/C8H9F3N2OS/c1-4-13-3-5(15-4)2-6(12)7(14)8(9,10)11/h3,6H,2,12H2,1H3. The van der Waals surface area contributed by atoms with Crippen molar-refractivity contribution in [2.45, 2.75) is 25.6 Å². The van der Waals surface area contributed by atoms with Gasteiger partial charge in [-0.15, -0.1) is 11.3 Å². The number of aromatic nitrogens is 1. The number of ketones is 1. The summed E-state index contributed by atoms with van der Waals surface area (Å²) in [7, 11) is 0. The molecule has 0 aliphatic heterocycles. The lowest BCUT2D eigenvalue weighted by Crippen LogP contribution is -2.41. The maximum absolute atomic E-state index is 12.0. The minimum Gasteiger partial charge on any atom is -0.321 e. The summed E-state index contributed by atoms with van der Waals surface area (Å²) in [6.07, 6.45) is -3.55. The van der Waals surface area contributed by atoms with Crippen LogP contribution in [0.3, 0.4) is 0 Å². The molecule has 1 aromatic heterocycles. The number of rotatable bonds is 3. The van der Waals surface area contributed by atoms with Gasteiger partial charge in [0, 0.05) is 17.5 Å². The summed E-state index contributed by atoms with van der Waals surface area (Å²) in [5.74, 6) is -1.89. The van der Waals surface area contributed by atoms with Crippen LogP contribution in [0.25, 0.3) is 0 Å². The first-order chi connectivity index (χ1) is 6.80. The van der Waals surface area contributed by atoms with E-state index in [0.717, 1.165) is 5.01 Å². The maximum Gasteiger partial charge on any atom is 0.451 e. The minimum absolute atomic E-state index is 0.121. The molecule has 1 heterocycles. The summed E-state index contributed by atoms with van der Waals surface area (Å²) in [4.78, 5) is 15.2. The molecule has 15 heavy (non-hydrogen) atoms. The molecule has 0 bridgehead atoms. The van der Waals surface area contributed by atoms with Crippen molar-refractivity contribution < 1.29 is 18.0 Å². The van der Waals surface area contributed by atoms with Crippen molar-refractivity contribution in [3.05, 3.63) is 16.1 Å². The average molecular weight is 238 g/mol. The fourth-order valence-corrected chi connectivity index (χ4v) is 1.87. The van der Waals surface area contributed by atoms with Crippen molar-refractivity contribution >= 4 is 17.1 Å². The normalized spacial score (nSPS) is 13.9. The number of alkyl halides is 3. The smallest absolute Gasteiger partial charge is 0.321 e. The van der Waals surface area contributed by atoms with Crippen LogP contribution in [0.5, 0.6) is 0 Å². The van der Waals surface area contributed by atoms with E-state index in [9.17, 15) is 18.0 Å². The number of halogens is 3. The van der Waals surface area contributed by atoms with Crippen LogP contribution in [-0.4, -0.2) is 23.0 Å². The molecule has 0 aliphatic rings. The Balaban J connectivity index is 2.64. The molecule has 0 saturated carbocycles. The summed E-state index contributed by atoms with van der Waals surface area (Å²) < 4.78 is 35.9. The minimum atomic E-state index is -4.86. The lowest BCUT2D eigenvalue weighted by Gasteiger charge is -2.11. The van der Waals surface area contributed by atoms with E-state index < -0.39 is 18.0 Å². The molecule has 1 unspecified atom stereocenters. The fraction of sp³-hybridized carbons (Fsp3) is 0.500. The van der Waals surface area contributed by atoms with Gasteiger partial charge in [-0.05, 0) is 6.92 Å². The summed E-state index contributed by atoms with van der Waals surface area (Å²) in [6.45, 7) is 1.73. The number of aryl methyl sites for hydroxylation is 1. The van der Waals surface area contributed by atoms with Gasteiger partial charge in [0.05, 0.1) is 11.0 Å². The van der Waals surface area contributed by atoms with Gasteiger partial charge in [-0.2, -0.15) is 13.2 Å². The van der Waals surface area contributed by atoms with Crippen LogP contribution < -0.4 is 5.73 Å². The molecule has 0 radical (unpaired) electrons. The predicted molar refractivity (Wildman–Crippen MR) is 49.6 cm³/mol. The Morgan fingerprint density at radius 1 is 1.67 bits per heavy atom. The topological polar surface area (TPSA) is 56.0 Å². The van der Waals surface area contributed by atoms with Gasteiger partial charge in [-0.25, -0.2) is 4.98 Å². The van der Waals surface area contributed by atoms with Crippen molar-refractivity contribution in [2.75, 3.05) is 0 Å². The van der Waals surface area contributed by atoms with Crippen LogP contribution in [0.15, 0.2) is 6.20 Å². The van der Waals surface area contributed by atoms with E-state index >= 15 is 0 Å². The van der Waals surface area contributed by atoms with Gasteiger partial charge in [0.15, 0.2) is 0 Å². The number of carbonyl (C=O) groups is 1. The number of hydrogen-bond donors (Lipinski definition) is 1. The second kappa shape index (κ2) is 4.28. The molecule has 0 spiro atoms. The highest BCUT2D eigenvalue weighted by atomic mass is 32.1. The third-order valence-electron chi connectivity index (χ3n) is 1.71. The van der Waals surface area contributed by atoms with Gasteiger partial charge < -0.3 is 5.73 Å². The second-order valence-electron chi connectivity index (χ2n) is 3.02. The molecule has 0 aromatic carbocycles. The van der Waals surface area contributed by atoms with Crippen LogP contribution >= 0.6 is 11.3 Å². The van der Waals surface area contributed by atoms with Crippen molar-refractivity contribution in [3.8, 4) is 0 Å². The average Bonchev–Trinajstić information content (AvgIpc) is 2.48. The van der Waals surface area contributed by atoms with Crippen LogP contribution in [-0.2, 0) is 11.2 Å². The third kappa shape index (κ3) is 3.28. The second-order valence-corrected chi connectivity index (χ2v) is 4.34. The molecule has 1 rings (SSSR count). The molecule has 0 amide bonds. The molecular weight excluding hydrogens is 229 g/mol. The van der Waals surface area contributed by atoms with E-state index in [1.54, 1.807) is 6.92 Å². The van der Waals surface area contributed by atoms with Crippen molar-refractivity contribution in [1.82, 2.24) is 4.98 Å². The van der Waals surface area contributed by atoms with Gasteiger partial charge in [-0.3, -0.25) is 4.79 Å². The first kappa shape index (κ1) is 12.1. The molecule has 0 fully saturated rings. The molecule has 84 valence electrons. The van der Waals surface area contributed by atoms with E-state index in [1.165, 1.54) is 17.5 Å². The number of thiazole rings is 1. The highest BCUT2D eigenvalue weighted by molar-refractivity contribution is 7.11. The largest absolute Gasteiger partial charge is 0.451 e. The number of nitrogens with two attached hydrogens (primary N) is 1. The molecule has 1 atom stereocenters. The maximum atomic E-state index is 12.0. The molecule has 2 N–H and O–H groups in total. The van der Waals surface area contributed by atoms with E-state index in [2.05, 4.69) is 4.98 Å². The number of Topliss-reactive ketones (excluding diaryl/α,β-unsaturated/α-hetero) is 1. The zero-order valence-corrected chi connectivity index (χ0v) is 8.65. The summed E-state index contributed by atoms with van der Waals surface area (Å²) in [5.41, 5.74) is 5.15. The zero-order chi connectivity index (χ0) is 11.6. The van der Waals surface area contributed by atoms with Gasteiger partial charge in [-0.1, -0.05) is 0 Å². The first-order valence-electron chi connectivity index (χ1n) is 4.08. The van der Waals surface area contributed by atoms with Gasteiger partial charge in [0.2, 0.25) is 0 Å². The zero-order valence-electron chi connectivity index (χ0n) is 7.84. The number of carbonyl (C=O) groups excluding carboxylic acids is 1. The van der Waals surface area contributed by atoms with Crippen LogP contribution in [0.1, 0.15) is 9.88 Å². The van der Waals surface area contributed by atoms with Gasteiger partial charge >= 0.3 is 6.18 Å². The summed E-state index contributed by atoms with van der Waals surface area (Å²) in [6, 6.07) is -1.54. The van der Waals surface area contributed by atoms with E-state index in [1.807, 2.05) is 0 Å². The summed E-state index contributed by atoms with van der Waals surface area (Å²) in [5, 5.41) is 0.733. The molecular formula is C8H9F3N2OS. The number of hydrogen-bond acceptors (Lipinski definition) is 4. The van der Waals surface area contributed by atoms with Crippen molar-refractivity contribution in [2.24, 2.45) is 5.73 Å². The Kier molecular flexibility index (Phi) is 3.46. The van der Waals surface area contributed by atoms with Crippen LogP contribution in [0, 0.1) is 6.92 Å². The molecule has 1 aromatic rings. The highest BCUT2D eigenvalue weighted by Crippen LogP contribution is 2.20. The van der Waals surface area contributed by atoms with Crippen molar-refractivity contribution in [3.63, 3.8) is 0 Å². The number of nitrogens with zero attached hydrogens (tertiary/aromatic N) is 1. The SMILES string of the molecule is Cc1ncc(CC(N)C(=O)C(F)(F)F)s1. The highest BCUT2D eigenvalue weighted by Gasteiger charge is 2.41. The Bertz CT molecular complexity index is 361. The van der Waals surface area contributed by atoms with E-state index in [4.69, 9.17) is 5.73 Å². The monoisotopic (exact) mass is 238 g/mol. The van der Waals surface area contributed by atoms with Gasteiger partial charge in [0.1, 0.15) is 0 Å². The Morgan fingerprint density at radius 3 is 2.67 bits per heavy atom. The third-order valence-corrected chi connectivity index (χ3v) is 2.64. The molecule has 0 saturated heterocycles. The van der Waals surface area contributed by atoms with E-state index in [0.29, 0.717) is 4.88 Å². The Morgan fingerprint density at radius 2 is 2.27 bits per heavy atom. The van der Waals surface area contributed by atoms with Gasteiger partial charge in [0.25, 0.3) is 5.78 Å². The quantitative estimate of drug-likeness (QED) is 0.867. The molecule has 0 aliphatic carbocycles. The first-order valence-corrected chi connectivity index (χ1v) is 4.90. The van der Waals surface area contributed by atoms with E-state index in [-0.39, 0.29) is 6.42 Å². The predicted octanol–water partition coefficient (Wildman–Crippen LogP) is 1.45. The Labute approximate surface area is 88.1 Å². The Hall–Kier alpha value is -0.950. The lowest BCUT2D eigenvalue weighted by atomic mass is 10.1. The van der Waals surface area contributed by atoms with Crippen LogP contribution in [0.2, 0.25) is 0 Å².